The van der Waals surface area contributed by atoms with Crippen LogP contribution in [0.4, 0.5) is 0 Å². The van der Waals surface area contributed by atoms with Crippen LogP contribution in [0, 0.1) is 11.3 Å². The van der Waals surface area contributed by atoms with Crippen molar-refractivity contribution in [2.24, 2.45) is 0 Å². The Kier molecular flexibility index (Phi) is 6.35. The third kappa shape index (κ3) is 4.79. The molecule has 4 aromatic rings. The predicted octanol–water partition coefficient (Wildman–Crippen LogP) is 7.25. The predicted molar refractivity (Wildman–Crippen MR) is 129 cm³/mol. The Morgan fingerprint density at radius 2 is 1.65 bits per heavy atom. The van der Waals surface area contributed by atoms with Crippen LogP contribution in [0.1, 0.15) is 16.7 Å². The Labute approximate surface area is 190 Å². The van der Waals surface area contributed by atoms with Crippen molar-refractivity contribution in [3.8, 4) is 17.6 Å². The van der Waals surface area contributed by atoms with Crippen LogP contribution in [0.3, 0.4) is 0 Å². The number of halogens is 1. The van der Waals surface area contributed by atoms with Crippen LogP contribution >= 0.6 is 15.9 Å². The Morgan fingerprint density at radius 1 is 0.903 bits per heavy atom. The summed E-state index contributed by atoms with van der Waals surface area (Å²) in [4.78, 5) is 0. The Hall–Kier alpha value is -3.55. The first-order valence-electron chi connectivity index (χ1n) is 9.83. The average Bonchev–Trinajstić information content (AvgIpc) is 2.82. The molecule has 0 aliphatic heterocycles. The van der Waals surface area contributed by atoms with Gasteiger partial charge in [-0.25, -0.2) is 0 Å². The maximum absolute atomic E-state index is 9.81. The summed E-state index contributed by atoms with van der Waals surface area (Å²) in [6.07, 6.45) is 1.86. The third-order valence-electron chi connectivity index (χ3n) is 5.00. The lowest BCUT2D eigenvalue weighted by molar-refractivity contribution is 0.284. The number of methoxy groups -OCH3 is 1. The van der Waals surface area contributed by atoms with Crippen molar-refractivity contribution in [1.29, 1.82) is 5.26 Å². The average molecular weight is 470 g/mol. The van der Waals surface area contributed by atoms with Crippen molar-refractivity contribution in [2.75, 3.05) is 7.11 Å². The summed E-state index contributed by atoms with van der Waals surface area (Å²) < 4.78 is 12.3. The summed E-state index contributed by atoms with van der Waals surface area (Å²) in [5.74, 6) is 1.25. The van der Waals surface area contributed by atoms with E-state index in [9.17, 15) is 5.26 Å². The molecular weight excluding hydrogens is 450 g/mol. The van der Waals surface area contributed by atoms with Gasteiger partial charge in [0, 0.05) is 4.47 Å². The minimum absolute atomic E-state index is 0.444. The molecular formula is C27H20BrNO2. The normalized spacial score (nSPS) is 11.2. The number of allylic oxidation sites excluding steroid dienone is 1. The maximum Gasteiger partial charge on any atom is 0.162 e. The molecule has 0 atom stereocenters. The summed E-state index contributed by atoms with van der Waals surface area (Å²) in [5, 5.41) is 12.0. The molecule has 0 saturated carbocycles. The minimum Gasteiger partial charge on any atom is -0.493 e. The molecule has 0 heterocycles. The second-order valence-electron chi connectivity index (χ2n) is 7.03. The number of fused-ring (bicyclic) bond motifs is 1. The van der Waals surface area contributed by atoms with Crippen molar-refractivity contribution >= 4 is 38.4 Å². The zero-order valence-corrected chi connectivity index (χ0v) is 18.6. The van der Waals surface area contributed by atoms with Gasteiger partial charge in [-0.15, -0.1) is 0 Å². The van der Waals surface area contributed by atoms with Gasteiger partial charge < -0.3 is 9.47 Å². The van der Waals surface area contributed by atoms with E-state index in [2.05, 4.69) is 28.1 Å². The number of nitrogens with zero attached hydrogens (tertiary/aromatic N) is 1. The van der Waals surface area contributed by atoms with Crippen molar-refractivity contribution in [2.45, 2.75) is 6.61 Å². The Morgan fingerprint density at radius 3 is 2.39 bits per heavy atom. The molecule has 31 heavy (non-hydrogen) atoms. The van der Waals surface area contributed by atoms with Gasteiger partial charge in [-0.05, 0) is 51.7 Å². The standard InChI is InChI=1S/C27H20BrNO2/c1-30-26-15-23(25(28)16-27(26)31-18-19-7-3-2-4-8-19)14-24(17-29)22-12-11-20-9-5-6-10-21(20)13-22/h2-16H,18H2,1H3/b24-14-. The van der Waals surface area contributed by atoms with Crippen molar-refractivity contribution in [3.05, 3.63) is 106 Å². The summed E-state index contributed by atoms with van der Waals surface area (Å²) in [7, 11) is 1.61. The van der Waals surface area contributed by atoms with Crippen molar-refractivity contribution < 1.29 is 9.47 Å². The van der Waals surface area contributed by atoms with Crippen LogP contribution in [-0.4, -0.2) is 7.11 Å². The molecule has 0 bridgehead atoms. The van der Waals surface area contributed by atoms with E-state index in [-0.39, 0.29) is 0 Å². The molecule has 3 nitrogen and oxygen atoms in total. The molecule has 0 aliphatic carbocycles. The zero-order valence-electron chi connectivity index (χ0n) is 17.0. The van der Waals surface area contributed by atoms with Crippen LogP contribution in [0.25, 0.3) is 22.4 Å². The first kappa shape index (κ1) is 20.7. The first-order chi connectivity index (χ1) is 15.2. The molecule has 4 heteroatoms. The molecule has 4 aromatic carbocycles. The fourth-order valence-electron chi connectivity index (χ4n) is 3.36. The summed E-state index contributed by atoms with van der Waals surface area (Å²) in [5.41, 5.74) is 3.37. The first-order valence-corrected chi connectivity index (χ1v) is 10.6. The molecule has 0 saturated heterocycles. The number of hydrogen-bond acceptors (Lipinski definition) is 3. The highest BCUT2D eigenvalue weighted by molar-refractivity contribution is 9.10. The van der Waals surface area contributed by atoms with Crippen LogP contribution in [0.2, 0.25) is 0 Å². The molecule has 0 unspecified atom stereocenters. The molecule has 0 aliphatic rings. The van der Waals surface area contributed by atoms with Gasteiger partial charge >= 0.3 is 0 Å². The van der Waals surface area contributed by atoms with E-state index in [0.29, 0.717) is 23.7 Å². The van der Waals surface area contributed by atoms with E-state index in [4.69, 9.17) is 9.47 Å². The highest BCUT2D eigenvalue weighted by Crippen LogP contribution is 2.36. The quantitative estimate of drug-likeness (QED) is 0.220. The van der Waals surface area contributed by atoms with Gasteiger partial charge in [-0.1, -0.05) is 82.7 Å². The van der Waals surface area contributed by atoms with E-state index < -0.39 is 0 Å². The topological polar surface area (TPSA) is 42.2 Å². The number of hydrogen-bond donors (Lipinski definition) is 0. The second kappa shape index (κ2) is 9.51. The van der Waals surface area contributed by atoms with Gasteiger partial charge in [0.05, 0.1) is 18.8 Å². The number of ether oxygens (including phenoxy) is 2. The molecule has 0 N–H and O–H groups in total. The monoisotopic (exact) mass is 469 g/mol. The maximum atomic E-state index is 9.81. The van der Waals surface area contributed by atoms with Gasteiger partial charge in [-0.2, -0.15) is 5.26 Å². The zero-order chi connectivity index (χ0) is 21.6. The lowest BCUT2D eigenvalue weighted by Gasteiger charge is -2.13. The van der Waals surface area contributed by atoms with Gasteiger partial charge in [0.2, 0.25) is 0 Å². The second-order valence-corrected chi connectivity index (χ2v) is 7.88. The fourth-order valence-corrected chi connectivity index (χ4v) is 3.80. The summed E-state index contributed by atoms with van der Waals surface area (Å²) in [6.45, 7) is 0.444. The van der Waals surface area contributed by atoms with E-state index >= 15 is 0 Å². The molecule has 0 amide bonds. The lowest BCUT2D eigenvalue weighted by atomic mass is 10.00. The molecule has 152 valence electrons. The smallest absolute Gasteiger partial charge is 0.162 e. The third-order valence-corrected chi connectivity index (χ3v) is 5.69. The number of benzene rings is 4. The van der Waals surface area contributed by atoms with Crippen LogP contribution in [0.5, 0.6) is 11.5 Å². The van der Waals surface area contributed by atoms with Gasteiger partial charge in [-0.3, -0.25) is 0 Å². The minimum atomic E-state index is 0.444. The van der Waals surface area contributed by atoms with E-state index in [0.717, 1.165) is 31.9 Å². The highest BCUT2D eigenvalue weighted by Gasteiger charge is 2.11. The molecule has 4 rings (SSSR count). The van der Waals surface area contributed by atoms with Crippen LogP contribution < -0.4 is 9.47 Å². The molecule has 0 fully saturated rings. The lowest BCUT2D eigenvalue weighted by Crippen LogP contribution is -1.98. The van der Waals surface area contributed by atoms with Gasteiger partial charge in [0.25, 0.3) is 0 Å². The van der Waals surface area contributed by atoms with Crippen molar-refractivity contribution in [1.82, 2.24) is 0 Å². The van der Waals surface area contributed by atoms with Crippen LogP contribution in [-0.2, 0) is 6.61 Å². The van der Waals surface area contributed by atoms with Crippen LogP contribution in [0.15, 0.2) is 89.4 Å². The van der Waals surface area contributed by atoms with E-state index in [1.807, 2.05) is 84.9 Å². The van der Waals surface area contributed by atoms with E-state index in [1.54, 1.807) is 7.11 Å². The Bertz CT molecular complexity index is 1290. The molecule has 0 radical (unpaired) electrons. The summed E-state index contributed by atoms with van der Waals surface area (Å²) in [6, 6.07) is 30.2. The van der Waals surface area contributed by atoms with Gasteiger partial charge in [0.15, 0.2) is 11.5 Å². The largest absolute Gasteiger partial charge is 0.493 e. The summed E-state index contributed by atoms with van der Waals surface area (Å²) >= 11 is 3.62. The molecule has 0 aromatic heterocycles. The van der Waals surface area contributed by atoms with Crippen molar-refractivity contribution in [3.63, 3.8) is 0 Å². The number of rotatable bonds is 6. The fraction of sp³-hybridized carbons (Fsp3) is 0.0741. The molecule has 0 spiro atoms. The van der Waals surface area contributed by atoms with Gasteiger partial charge in [0.1, 0.15) is 6.61 Å². The van der Waals surface area contributed by atoms with E-state index in [1.165, 1.54) is 0 Å². The Balaban J connectivity index is 1.65. The number of nitriles is 1. The highest BCUT2D eigenvalue weighted by atomic mass is 79.9. The SMILES string of the molecule is COc1cc(/C=C(/C#N)c2ccc3ccccc3c2)c(Br)cc1OCc1ccccc1.